The first-order chi connectivity index (χ1) is 16.4. The van der Waals surface area contributed by atoms with Gasteiger partial charge in [0.1, 0.15) is 17.1 Å². The summed E-state index contributed by atoms with van der Waals surface area (Å²) in [5.74, 6) is -1.42. The number of benzene rings is 3. The predicted octanol–water partition coefficient (Wildman–Crippen LogP) is 3.89. The van der Waals surface area contributed by atoms with E-state index in [1.807, 2.05) is 0 Å². The molecule has 8 nitrogen and oxygen atoms in total. The number of esters is 2. The summed E-state index contributed by atoms with van der Waals surface area (Å²) in [6.45, 7) is 2.10. The molecule has 0 saturated heterocycles. The number of carbonyl (C=O) groups is 4. The van der Waals surface area contributed by atoms with Crippen molar-refractivity contribution in [3.63, 3.8) is 0 Å². The number of nitrogens with zero attached hydrogens (tertiary/aromatic N) is 1. The first-order valence-corrected chi connectivity index (χ1v) is 10.5. The molecule has 1 aliphatic rings. The Hall–Kier alpha value is -4.46. The van der Waals surface area contributed by atoms with E-state index in [2.05, 4.69) is 4.74 Å². The van der Waals surface area contributed by atoms with Gasteiger partial charge in [-0.15, -0.1) is 0 Å². The Labute approximate surface area is 195 Å². The monoisotopic (exact) mass is 459 g/mol. The number of methoxy groups -OCH3 is 1. The zero-order valence-corrected chi connectivity index (χ0v) is 18.6. The van der Waals surface area contributed by atoms with E-state index in [9.17, 15) is 19.2 Å². The highest BCUT2D eigenvalue weighted by Crippen LogP contribution is 2.27. The topological polar surface area (TPSA) is 99.2 Å². The summed E-state index contributed by atoms with van der Waals surface area (Å²) in [7, 11) is 1.28. The molecule has 0 saturated carbocycles. The molecule has 0 N–H and O–H groups in total. The molecule has 0 aromatic heterocycles. The number of ether oxygens (including phenoxy) is 3. The van der Waals surface area contributed by atoms with Crippen LogP contribution in [0, 0.1) is 0 Å². The van der Waals surface area contributed by atoms with E-state index in [4.69, 9.17) is 9.47 Å². The Bertz CT molecular complexity index is 1250. The number of amides is 2. The molecule has 0 radical (unpaired) electrons. The van der Waals surface area contributed by atoms with Crippen molar-refractivity contribution < 1.29 is 33.4 Å². The van der Waals surface area contributed by atoms with Crippen LogP contribution in [0.15, 0.2) is 66.7 Å². The molecule has 0 unspecified atom stereocenters. The zero-order chi connectivity index (χ0) is 24.2. The molecule has 3 aromatic rings. The molecule has 1 heterocycles. The van der Waals surface area contributed by atoms with Gasteiger partial charge in [0.15, 0.2) is 0 Å². The predicted molar refractivity (Wildman–Crippen MR) is 121 cm³/mol. The molecule has 3 aromatic carbocycles. The molecule has 0 atom stereocenters. The van der Waals surface area contributed by atoms with Crippen molar-refractivity contribution in [2.75, 3.05) is 13.7 Å². The largest absolute Gasteiger partial charge is 0.493 e. The van der Waals surface area contributed by atoms with Gasteiger partial charge in [0.25, 0.3) is 11.8 Å². The molecule has 0 fully saturated rings. The maximum atomic E-state index is 12.9. The third-order valence-corrected chi connectivity index (χ3v) is 5.27. The fraction of sp³-hybridized carbons (Fsp3) is 0.154. The minimum Gasteiger partial charge on any atom is -0.493 e. The standard InChI is InChI=1S/C26H21NO7/c1-3-33-22-13-8-16(15-27-23(28)19-6-4-5-7-20(19)24(27)29)14-21(22)26(31)34-18-11-9-17(10-12-18)25(30)32-2/h4-14H,3,15H2,1-2H3. The number of rotatable bonds is 7. The molecule has 172 valence electrons. The summed E-state index contributed by atoms with van der Waals surface area (Å²) in [6.07, 6.45) is 0. The molecular formula is C26H21NO7. The summed E-state index contributed by atoms with van der Waals surface area (Å²) >= 11 is 0. The minimum absolute atomic E-state index is 0.00709. The highest BCUT2D eigenvalue weighted by Gasteiger charge is 2.35. The summed E-state index contributed by atoms with van der Waals surface area (Å²) in [5, 5.41) is 0. The molecular weight excluding hydrogens is 438 g/mol. The number of hydrogen-bond acceptors (Lipinski definition) is 7. The number of imide groups is 1. The van der Waals surface area contributed by atoms with Gasteiger partial charge in [-0.3, -0.25) is 14.5 Å². The Morgan fingerprint density at radius 2 is 1.50 bits per heavy atom. The fourth-order valence-corrected chi connectivity index (χ4v) is 3.62. The van der Waals surface area contributed by atoms with Crippen LogP contribution in [0.25, 0.3) is 0 Å². The van der Waals surface area contributed by atoms with Crippen LogP contribution < -0.4 is 9.47 Å². The van der Waals surface area contributed by atoms with Gasteiger partial charge in [0.2, 0.25) is 0 Å². The highest BCUT2D eigenvalue weighted by molar-refractivity contribution is 6.21. The number of hydrogen-bond donors (Lipinski definition) is 0. The van der Waals surface area contributed by atoms with E-state index in [0.717, 1.165) is 4.90 Å². The van der Waals surface area contributed by atoms with Crippen LogP contribution in [-0.4, -0.2) is 42.4 Å². The van der Waals surface area contributed by atoms with Crippen LogP contribution in [0.3, 0.4) is 0 Å². The third-order valence-electron chi connectivity index (χ3n) is 5.27. The van der Waals surface area contributed by atoms with Gasteiger partial charge >= 0.3 is 11.9 Å². The lowest BCUT2D eigenvalue weighted by atomic mass is 10.1. The van der Waals surface area contributed by atoms with Crippen molar-refractivity contribution in [1.82, 2.24) is 4.90 Å². The van der Waals surface area contributed by atoms with Gasteiger partial charge in [-0.1, -0.05) is 18.2 Å². The zero-order valence-electron chi connectivity index (χ0n) is 18.6. The van der Waals surface area contributed by atoms with Gasteiger partial charge in [-0.05, 0) is 61.0 Å². The van der Waals surface area contributed by atoms with Gasteiger partial charge in [-0.25, -0.2) is 9.59 Å². The Morgan fingerprint density at radius 1 is 0.853 bits per heavy atom. The smallest absolute Gasteiger partial charge is 0.347 e. The summed E-state index contributed by atoms with van der Waals surface area (Å²) < 4.78 is 15.7. The van der Waals surface area contributed by atoms with Crippen molar-refractivity contribution in [2.45, 2.75) is 13.5 Å². The summed E-state index contributed by atoms with van der Waals surface area (Å²) in [4.78, 5) is 51.1. The molecule has 34 heavy (non-hydrogen) atoms. The second-order valence-corrected chi connectivity index (χ2v) is 7.41. The summed E-state index contributed by atoms with van der Waals surface area (Å²) in [5.41, 5.74) is 1.74. The second kappa shape index (κ2) is 9.58. The lowest BCUT2D eigenvalue weighted by molar-refractivity contribution is 0.0597. The third kappa shape index (κ3) is 4.38. The van der Waals surface area contributed by atoms with Gasteiger partial charge in [0, 0.05) is 0 Å². The fourth-order valence-electron chi connectivity index (χ4n) is 3.62. The van der Waals surface area contributed by atoms with E-state index in [1.54, 1.807) is 49.4 Å². The van der Waals surface area contributed by atoms with Crippen LogP contribution in [0.5, 0.6) is 11.5 Å². The van der Waals surface area contributed by atoms with Crippen molar-refractivity contribution in [1.29, 1.82) is 0 Å². The average molecular weight is 459 g/mol. The molecule has 4 rings (SSSR count). The van der Waals surface area contributed by atoms with E-state index < -0.39 is 11.9 Å². The SMILES string of the molecule is CCOc1ccc(CN2C(=O)c3ccccc3C2=O)cc1C(=O)Oc1ccc(C(=O)OC)cc1. The normalized spacial score (nSPS) is 12.4. The van der Waals surface area contributed by atoms with Gasteiger partial charge < -0.3 is 14.2 Å². The van der Waals surface area contributed by atoms with Gasteiger partial charge in [0.05, 0.1) is 37.0 Å². The second-order valence-electron chi connectivity index (χ2n) is 7.41. The van der Waals surface area contributed by atoms with Crippen molar-refractivity contribution in [3.8, 4) is 11.5 Å². The van der Waals surface area contributed by atoms with Crippen LogP contribution in [0.4, 0.5) is 0 Å². The van der Waals surface area contributed by atoms with Crippen LogP contribution in [0.2, 0.25) is 0 Å². The van der Waals surface area contributed by atoms with Crippen molar-refractivity contribution in [3.05, 3.63) is 94.5 Å². The van der Waals surface area contributed by atoms with Crippen LogP contribution in [0.1, 0.15) is 53.9 Å². The Kier molecular flexibility index (Phi) is 6.40. The summed E-state index contributed by atoms with van der Waals surface area (Å²) in [6, 6.07) is 17.4. The Balaban J connectivity index is 1.56. The number of carbonyl (C=O) groups excluding carboxylic acids is 4. The Morgan fingerprint density at radius 3 is 2.09 bits per heavy atom. The van der Waals surface area contributed by atoms with Crippen LogP contribution in [-0.2, 0) is 11.3 Å². The van der Waals surface area contributed by atoms with E-state index in [0.29, 0.717) is 34.6 Å². The van der Waals surface area contributed by atoms with Crippen LogP contribution >= 0.6 is 0 Å². The minimum atomic E-state index is -0.682. The molecule has 0 spiro atoms. The first kappa shape index (κ1) is 22.7. The van der Waals surface area contributed by atoms with E-state index in [-0.39, 0.29) is 29.7 Å². The molecule has 0 aliphatic carbocycles. The maximum absolute atomic E-state index is 12.9. The molecule has 8 heteroatoms. The van der Waals surface area contributed by atoms with E-state index in [1.165, 1.54) is 31.4 Å². The maximum Gasteiger partial charge on any atom is 0.347 e. The van der Waals surface area contributed by atoms with Gasteiger partial charge in [-0.2, -0.15) is 0 Å². The average Bonchev–Trinajstić information content (AvgIpc) is 3.10. The highest BCUT2D eigenvalue weighted by atomic mass is 16.5. The molecule has 2 amide bonds. The molecule has 0 bridgehead atoms. The van der Waals surface area contributed by atoms with Crippen molar-refractivity contribution in [2.24, 2.45) is 0 Å². The lowest BCUT2D eigenvalue weighted by Gasteiger charge is -2.16. The number of fused-ring (bicyclic) bond motifs is 1. The van der Waals surface area contributed by atoms with Crippen molar-refractivity contribution >= 4 is 23.8 Å². The first-order valence-electron chi connectivity index (χ1n) is 10.5. The lowest BCUT2D eigenvalue weighted by Crippen LogP contribution is -2.29. The molecule has 1 aliphatic heterocycles. The van der Waals surface area contributed by atoms with E-state index >= 15 is 0 Å². The quantitative estimate of drug-likeness (QED) is 0.300.